The number of phenolic OH excluding ortho intramolecular Hbond substituents is 1. The van der Waals surface area contributed by atoms with Crippen molar-refractivity contribution in [2.45, 2.75) is 84.9 Å². The first-order chi connectivity index (χ1) is 12.9. The monoisotopic (exact) mass is 398 g/mol. The minimum Gasteiger partial charge on any atom is -0.543 e. The molecular weight excluding hydrogens is 360 g/mol. The Morgan fingerprint density at radius 1 is 0.857 bits per heavy atom. The number of aryl methyl sites for hydroxylation is 2. The van der Waals surface area contributed by atoms with Crippen LogP contribution in [-0.2, 0) is 5.41 Å². The maximum absolute atomic E-state index is 9.97. The molecular formula is C25H38O2Si. The first kappa shape index (κ1) is 22.5. The molecule has 0 unspecified atom stereocenters. The van der Waals surface area contributed by atoms with E-state index in [1.54, 1.807) is 0 Å². The summed E-state index contributed by atoms with van der Waals surface area (Å²) >= 11 is 0. The molecule has 0 aliphatic heterocycles. The molecule has 2 aromatic rings. The number of rotatable bonds is 6. The van der Waals surface area contributed by atoms with E-state index in [0.717, 1.165) is 24.2 Å². The molecule has 1 N–H and O–H groups in total. The van der Waals surface area contributed by atoms with Crippen LogP contribution in [0, 0.1) is 13.8 Å². The average Bonchev–Trinajstić information content (AvgIpc) is 2.60. The van der Waals surface area contributed by atoms with E-state index in [-0.39, 0.29) is 10.5 Å². The molecule has 0 bridgehead atoms. The summed E-state index contributed by atoms with van der Waals surface area (Å²) in [5.41, 5.74) is 4.66. The summed E-state index contributed by atoms with van der Waals surface area (Å²) in [6, 6.07) is 12.7. The summed E-state index contributed by atoms with van der Waals surface area (Å²) in [4.78, 5) is 0. The fourth-order valence-corrected chi connectivity index (χ4v) is 4.76. The Morgan fingerprint density at radius 3 is 1.79 bits per heavy atom. The van der Waals surface area contributed by atoms with Crippen molar-refractivity contribution in [1.29, 1.82) is 0 Å². The zero-order valence-electron chi connectivity index (χ0n) is 19.2. The molecule has 28 heavy (non-hydrogen) atoms. The minimum absolute atomic E-state index is 0.0568. The predicted octanol–water partition coefficient (Wildman–Crippen LogP) is 7.50. The topological polar surface area (TPSA) is 29.5 Å². The highest BCUT2D eigenvalue weighted by atomic mass is 28.4. The number of phenols is 1. The highest BCUT2D eigenvalue weighted by molar-refractivity contribution is 6.74. The molecule has 0 saturated heterocycles. The summed E-state index contributed by atoms with van der Waals surface area (Å²) < 4.78 is 6.58. The van der Waals surface area contributed by atoms with E-state index >= 15 is 0 Å². The Hall–Kier alpha value is -1.74. The van der Waals surface area contributed by atoms with Crippen molar-refractivity contribution >= 4 is 8.32 Å². The Bertz CT molecular complexity index is 827. The normalized spacial score (nSPS) is 12.9. The van der Waals surface area contributed by atoms with Crippen molar-refractivity contribution in [2.24, 2.45) is 0 Å². The van der Waals surface area contributed by atoms with E-state index < -0.39 is 8.32 Å². The zero-order chi connectivity index (χ0) is 21.3. The number of aromatic hydroxyl groups is 1. The second-order valence-electron chi connectivity index (χ2n) is 9.63. The number of benzene rings is 2. The fraction of sp³-hybridized carbons (Fsp3) is 0.520. The van der Waals surface area contributed by atoms with Gasteiger partial charge in [0.1, 0.15) is 11.5 Å². The van der Waals surface area contributed by atoms with Crippen molar-refractivity contribution < 1.29 is 9.53 Å². The van der Waals surface area contributed by atoms with Gasteiger partial charge in [-0.2, -0.15) is 0 Å². The standard InChI is InChI=1S/C25H38O2Si/c1-10-25(11-2,20-12-14-22(26)18(3)16-20)21-13-15-23(19(4)17-21)27-28(8,9)24(5,6)7/h12-17,26H,10-11H2,1-9H3. The van der Waals surface area contributed by atoms with Gasteiger partial charge in [0, 0.05) is 5.41 Å². The van der Waals surface area contributed by atoms with Gasteiger partial charge in [0.15, 0.2) is 0 Å². The minimum atomic E-state index is -1.86. The second kappa shape index (κ2) is 7.94. The molecule has 0 fully saturated rings. The summed E-state index contributed by atoms with van der Waals surface area (Å²) in [5, 5.41) is 10.1. The lowest BCUT2D eigenvalue weighted by Crippen LogP contribution is -2.44. The molecule has 0 heterocycles. The highest BCUT2D eigenvalue weighted by Crippen LogP contribution is 2.43. The Morgan fingerprint density at radius 2 is 1.36 bits per heavy atom. The maximum Gasteiger partial charge on any atom is 0.250 e. The molecule has 2 nitrogen and oxygen atoms in total. The quantitative estimate of drug-likeness (QED) is 0.510. The molecule has 0 spiro atoms. The third kappa shape index (κ3) is 4.15. The van der Waals surface area contributed by atoms with Crippen molar-refractivity contribution in [2.75, 3.05) is 0 Å². The van der Waals surface area contributed by atoms with Gasteiger partial charge in [0.25, 0.3) is 0 Å². The van der Waals surface area contributed by atoms with E-state index in [1.807, 2.05) is 13.0 Å². The smallest absolute Gasteiger partial charge is 0.250 e. The molecule has 0 saturated carbocycles. The molecule has 0 aliphatic rings. The van der Waals surface area contributed by atoms with Gasteiger partial charge < -0.3 is 9.53 Å². The van der Waals surface area contributed by atoms with Crippen LogP contribution in [0.3, 0.4) is 0 Å². The van der Waals surface area contributed by atoms with Gasteiger partial charge in [-0.1, -0.05) is 58.9 Å². The SMILES string of the molecule is CCC(CC)(c1ccc(O)c(C)c1)c1ccc(O[Si](C)(C)C(C)(C)C)c(C)c1. The van der Waals surface area contributed by atoms with Gasteiger partial charge in [-0.3, -0.25) is 0 Å². The van der Waals surface area contributed by atoms with Gasteiger partial charge >= 0.3 is 0 Å². The average molecular weight is 399 g/mol. The molecule has 3 heteroatoms. The van der Waals surface area contributed by atoms with E-state index in [2.05, 4.69) is 85.0 Å². The fourth-order valence-electron chi connectivity index (χ4n) is 3.68. The van der Waals surface area contributed by atoms with Crippen molar-refractivity contribution in [3.63, 3.8) is 0 Å². The highest BCUT2D eigenvalue weighted by Gasteiger charge is 2.39. The Kier molecular flexibility index (Phi) is 6.39. The molecule has 154 valence electrons. The van der Waals surface area contributed by atoms with Crippen LogP contribution in [0.1, 0.15) is 69.7 Å². The van der Waals surface area contributed by atoms with Gasteiger partial charge in [0.05, 0.1) is 0 Å². The lowest BCUT2D eigenvalue weighted by molar-refractivity contribution is 0.460. The van der Waals surface area contributed by atoms with Gasteiger partial charge in [-0.25, -0.2) is 0 Å². The first-order valence-electron chi connectivity index (χ1n) is 10.5. The van der Waals surface area contributed by atoms with Crippen molar-refractivity contribution in [3.05, 3.63) is 58.7 Å². The van der Waals surface area contributed by atoms with Gasteiger partial charge in [-0.05, 0) is 79.2 Å². The second-order valence-corrected chi connectivity index (χ2v) is 14.4. The Labute approximate surface area is 173 Å². The number of hydrogen-bond donors (Lipinski definition) is 1. The van der Waals surface area contributed by atoms with Crippen LogP contribution in [0.5, 0.6) is 11.5 Å². The molecule has 2 aromatic carbocycles. The van der Waals surface area contributed by atoms with Crippen LogP contribution in [0.4, 0.5) is 0 Å². The lowest BCUT2D eigenvalue weighted by Gasteiger charge is -2.38. The van der Waals surface area contributed by atoms with Gasteiger partial charge in [-0.15, -0.1) is 0 Å². The summed E-state index contributed by atoms with van der Waals surface area (Å²) in [7, 11) is -1.86. The van der Waals surface area contributed by atoms with Crippen molar-refractivity contribution in [1.82, 2.24) is 0 Å². The van der Waals surface area contributed by atoms with Crippen LogP contribution < -0.4 is 4.43 Å². The first-order valence-corrected chi connectivity index (χ1v) is 13.4. The Balaban J connectivity index is 2.50. The molecule has 0 amide bonds. The van der Waals surface area contributed by atoms with Crippen LogP contribution in [0.15, 0.2) is 36.4 Å². The summed E-state index contributed by atoms with van der Waals surface area (Å²) in [5.74, 6) is 1.37. The van der Waals surface area contributed by atoms with Crippen LogP contribution in [0.2, 0.25) is 18.1 Å². The molecule has 0 aromatic heterocycles. The van der Waals surface area contributed by atoms with Gasteiger partial charge in [0.2, 0.25) is 8.32 Å². The predicted molar refractivity (Wildman–Crippen MR) is 123 cm³/mol. The van der Waals surface area contributed by atoms with E-state index in [4.69, 9.17) is 4.43 Å². The van der Waals surface area contributed by atoms with Crippen LogP contribution >= 0.6 is 0 Å². The van der Waals surface area contributed by atoms with Crippen molar-refractivity contribution in [3.8, 4) is 11.5 Å². The molecule has 2 rings (SSSR count). The zero-order valence-corrected chi connectivity index (χ0v) is 20.2. The van der Waals surface area contributed by atoms with E-state index in [0.29, 0.717) is 5.75 Å². The third-order valence-electron chi connectivity index (χ3n) is 6.86. The van der Waals surface area contributed by atoms with E-state index in [9.17, 15) is 5.11 Å². The van der Waals surface area contributed by atoms with Crippen LogP contribution in [-0.4, -0.2) is 13.4 Å². The van der Waals surface area contributed by atoms with E-state index in [1.165, 1.54) is 16.7 Å². The molecule has 0 atom stereocenters. The summed E-state index contributed by atoms with van der Waals surface area (Å²) in [6.07, 6.45) is 2.02. The number of hydrogen-bond acceptors (Lipinski definition) is 2. The maximum atomic E-state index is 9.97. The van der Waals surface area contributed by atoms with Crippen LogP contribution in [0.25, 0.3) is 0 Å². The molecule has 0 radical (unpaired) electrons. The summed E-state index contributed by atoms with van der Waals surface area (Å²) in [6.45, 7) is 20.0. The third-order valence-corrected chi connectivity index (χ3v) is 11.2. The lowest BCUT2D eigenvalue weighted by atomic mass is 9.70. The molecule has 0 aliphatic carbocycles. The largest absolute Gasteiger partial charge is 0.543 e.